The molecule has 0 N–H and O–H groups in total. The number of benzene rings is 3. The summed E-state index contributed by atoms with van der Waals surface area (Å²) >= 11 is 12.0. The summed E-state index contributed by atoms with van der Waals surface area (Å²) in [6.07, 6.45) is 1.59. The number of hydrogen-bond donors (Lipinski definition) is 0. The maximum Gasteiger partial charge on any atom is 0.232 e. The van der Waals surface area contributed by atoms with E-state index in [0.717, 1.165) is 11.1 Å². The molecule has 0 atom stereocenters. The van der Waals surface area contributed by atoms with Crippen LogP contribution in [0.4, 0.5) is 4.39 Å². The Morgan fingerprint density at radius 1 is 1.03 bits per heavy atom. The Hall–Kier alpha value is -2.82. The summed E-state index contributed by atoms with van der Waals surface area (Å²) in [6, 6.07) is 14.6. The van der Waals surface area contributed by atoms with Crippen LogP contribution in [0.1, 0.15) is 27.0 Å². The number of fused-ring (bicyclic) bond motifs is 1. The molecule has 1 aliphatic rings. The van der Waals surface area contributed by atoms with Gasteiger partial charge in [-0.25, -0.2) is 4.39 Å². The Morgan fingerprint density at radius 2 is 1.79 bits per heavy atom. The minimum Gasteiger partial charge on any atom is -0.489 e. The van der Waals surface area contributed by atoms with Gasteiger partial charge in [0.05, 0.1) is 15.6 Å². The van der Waals surface area contributed by atoms with Gasteiger partial charge in [0.15, 0.2) is 5.76 Å². The number of carbonyl (C=O) groups is 1. The molecule has 3 aromatic carbocycles. The van der Waals surface area contributed by atoms with Gasteiger partial charge >= 0.3 is 0 Å². The highest BCUT2D eigenvalue weighted by atomic mass is 35.5. The molecule has 0 bridgehead atoms. The summed E-state index contributed by atoms with van der Waals surface area (Å²) in [4.78, 5) is 12.7. The largest absolute Gasteiger partial charge is 0.489 e. The lowest BCUT2D eigenvalue weighted by molar-refractivity contribution is 0.101. The van der Waals surface area contributed by atoms with Crippen LogP contribution in [0, 0.1) is 12.7 Å². The van der Waals surface area contributed by atoms with Gasteiger partial charge < -0.3 is 9.47 Å². The van der Waals surface area contributed by atoms with E-state index in [1.54, 1.807) is 42.5 Å². The van der Waals surface area contributed by atoms with Crippen LogP contribution in [0.5, 0.6) is 11.5 Å². The fraction of sp³-hybridized carbons (Fsp3) is 0.0870. The SMILES string of the molecule is Cc1cc(OCc2ccc(Cl)c(Cl)c2)cc2c1C(=O)/C(=C/c1ccc(F)cc1)O2. The standard InChI is InChI=1S/C23H15Cl2FO3/c1-13-8-17(28-12-15-4-7-18(24)19(25)9-15)11-20-22(13)23(27)21(29-20)10-14-2-5-16(26)6-3-14/h2-11H,12H2,1H3/b21-10-. The molecule has 0 saturated carbocycles. The summed E-state index contributed by atoms with van der Waals surface area (Å²) in [5.41, 5.74) is 2.79. The number of allylic oxidation sites excluding steroid dienone is 1. The second-order valence-electron chi connectivity index (χ2n) is 6.64. The molecule has 0 aromatic heterocycles. The van der Waals surface area contributed by atoms with Crippen LogP contribution in [0.25, 0.3) is 6.08 Å². The van der Waals surface area contributed by atoms with Crippen molar-refractivity contribution in [3.05, 3.63) is 98.5 Å². The summed E-state index contributed by atoms with van der Waals surface area (Å²) in [7, 11) is 0. The van der Waals surface area contributed by atoms with Gasteiger partial charge in [-0.15, -0.1) is 0 Å². The van der Waals surface area contributed by atoms with Gasteiger partial charge in [0.25, 0.3) is 0 Å². The highest BCUT2D eigenvalue weighted by Crippen LogP contribution is 2.37. The molecule has 0 amide bonds. The first-order valence-electron chi connectivity index (χ1n) is 8.82. The number of hydrogen-bond acceptors (Lipinski definition) is 3. The van der Waals surface area contributed by atoms with Crippen LogP contribution in [-0.4, -0.2) is 5.78 Å². The number of Topliss-reactive ketones (excluding diaryl/α,β-unsaturated/α-hetero) is 1. The highest BCUT2D eigenvalue weighted by molar-refractivity contribution is 6.42. The molecule has 29 heavy (non-hydrogen) atoms. The van der Waals surface area contributed by atoms with Crippen molar-refractivity contribution in [2.75, 3.05) is 0 Å². The lowest BCUT2D eigenvalue weighted by atomic mass is 10.0. The van der Waals surface area contributed by atoms with Crippen molar-refractivity contribution in [2.45, 2.75) is 13.5 Å². The van der Waals surface area contributed by atoms with Crippen LogP contribution in [0.3, 0.4) is 0 Å². The lowest BCUT2D eigenvalue weighted by Crippen LogP contribution is -2.00. The zero-order valence-corrected chi connectivity index (χ0v) is 16.9. The summed E-state index contributed by atoms with van der Waals surface area (Å²) < 4.78 is 24.7. The topological polar surface area (TPSA) is 35.5 Å². The molecule has 3 aromatic rings. The van der Waals surface area contributed by atoms with Gasteiger partial charge in [-0.2, -0.15) is 0 Å². The van der Waals surface area contributed by atoms with E-state index in [4.69, 9.17) is 32.7 Å². The number of carbonyl (C=O) groups excluding carboxylic acids is 1. The molecule has 1 heterocycles. The van der Waals surface area contributed by atoms with E-state index in [1.165, 1.54) is 12.1 Å². The Bertz CT molecular complexity index is 1140. The average Bonchev–Trinajstić information content (AvgIpc) is 3.00. The van der Waals surface area contributed by atoms with Gasteiger partial charge in [0, 0.05) is 6.07 Å². The number of rotatable bonds is 4. The van der Waals surface area contributed by atoms with Crippen LogP contribution >= 0.6 is 23.2 Å². The number of halogens is 3. The molecular formula is C23H15Cl2FO3. The quantitative estimate of drug-likeness (QED) is 0.437. The van der Waals surface area contributed by atoms with Crippen molar-refractivity contribution in [3.63, 3.8) is 0 Å². The minimum atomic E-state index is -0.339. The van der Waals surface area contributed by atoms with Gasteiger partial charge in [0.2, 0.25) is 5.78 Å². The number of ketones is 1. The van der Waals surface area contributed by atoms with Crippen LogP contribution in [0.15, 0.2) is 60.4 Å². The first-order valence-corrected chi connectivity index (χ1v) is 9.57. The Labute approximate surface area is 177 Å². The zero-order valence-electron chi connectivity index (χ0n) is 15.3. The van der Waals surface area contributed by atoms with Gasteiger partial charge in [-0.05, 0) is 60.0 Å². The second kappa shape index (κ2) is 7.90. The zero-order chi connectivity index (χ0) is 20.5. The lowest BCUT2D eigenvalue weighted by Gasteiger charge is -2.10. The minimum absolute atomic E-state index is 0.191. The van der Waals surface area contributed by atoms with Crippen molar-refractivity contribution in [2.24, 2.45) is 0 Å². The predicted octanol–water partition coefficient (Wildman–Crippen LogP) is 6.64. The summed E-state index contributed by atoms with van der Waals surface area (Å²) in [6.45, 7) is 2.12. The fourth-order valence-electron chi connectivity index (χ4n) is 3.07. The molecular weight excluding hydrogens is 414 g/mol. The van der Waals surface area contributed by atoms with E-state index in [-0.39, 0.29) is 17.4 Å². The Morgan fingerprint density at radius 3 is 2.52 bits per heavy atom. The maximum absolute atomic E-state index is 13.1. The van der Waals surface area contributed by atoms with E-state index in [9.17, 15) is 9.18 Å². The number of aryl methyl sites for hydroxylation is 1. The molecule has 146 valence electrons. The van der Waals surface area contributed by atoms with Crippen molar-refractivity contribution >= 4 is 35.1 Å². The summed E-state index contributed by atoms with van der Waals surface area (Å²) in [5, 5.41) is 0.943. The Kier molecular flexibility index (Phi) is 5.31. The third-order valence-electron chi connectivity index (χ3n) is 4.50. The van der Waals surface area contributed by atoms with Gasteiger partial charge in [0.1, 0.15) is 23.9 Å². The smallest absolute Gasteiger partial charge is 0.232 e. The van der Waals surface area contributed by atoms with E-state index >= 15 is 0 Å². The average molecular weight is 429 g/mol. The Balaban J connectivity index is 1.55. The van der Waals surface area contributed by atoms with Crippen LogP contribution in [0.2, 0.25) is 10.0 Å². The first-order chi connectivity index (χ1) is 13.9. The van der Waals surface area contributed by atoms with Crippen molar-refractivity contribution in [1.29, 1.82) is 0 Å². The third-order valence-corrected chi connectivity index (χ3v) is 5.24. The van der Waals surface area contributed by atoms with E-state index in [0.29, 0.717) is 39.3 Å². The maximum atomic E-state index is 13.1. The van der Waals surface area contributed by atoms with E-state index in [1.807, 2.05) is 13.0 Å². The van der Waals surface area contributed by atoms with Crippen molar-refractivity contribution in [3.8, 4) is 11.5 Å². The molecule has 0 saturated heterocycles. The molecule has 0 radical (unpaired) electrons. The normalized spacial score (nSPS) is 14.1. The molecule has 0 spiro atoms. The number of ether oxygens (including phenoxy) is 2. The van der Waals surface area contributed by atoms with Crippen molar-refractivity contribution in [1.82, 2.24) is 0 Å². The third kappa shape index (κ3) is 4.14. The molecule has 1 aliphatic heterocycles. The van der Waals surface area contributed by atoms with Crippen LogP contribution < -0.4 is 9.47 Å². The van der Waals surface area contributed by atoms with E-state index < -0.39 is 0 Å². The molecule has 0 unspecified atom stereocenters. The first kappa shape index (κ1) is 19.5. The molecule has 3 nitrogen and oxygen atoms in total. The second-order valence-corrected chi connectivity index (χ2v) is 7.46. The van der Waals surface area contributed by atoms with E-state index in [2.05, 4.69) is 0 Å². The van der Waals surface area contributed by atoms with Crippen molar-refractivity contribution < 1.29 is 18.7 Å². The monoisotopic (exact) mass is 428 g/mol. The van der Waals surface area contributed by atoms with Crippen LogP contribution in [-0.2, 0) is 6.61 Å². The summed E-state index contributed by atoms with van der Waals surface area (Å²) in [5.74, 6) is 0.651. The van der Waals surface area contributed by atoms with Gasteiger partial charge in [-0.1, -0.05) is 41.4 Å². The highest BCUT2D eigenvalue weighted by Gasteiger charge is 2.30. The molecule has 0 fully saturated rings. The predicted molar refractivity (Wildman–Crippen MR) is 111 cm³/mol. The molecule has 6 heteroatoms. The van der Waals surface area contributed by atoms with Gasteiger partial charge in [-0.3, -0.25) is 4.79 Å². The fourth-order valence-corrected chi connectivity index (χ4v) is 3.39. The molecule has 0 aliphatic carbocycles. The molecule has 4 rings (SSSR count).